The Morgan fingerprint density at radius 2 is 2.08 bits per heavy atom. The summed E-state index contributed by atoms with van der Waals surface area (Å²) in [6.07, 6.45) is 1.83. The zero-order chi connectivity index (χ0) is 16.9. The predicted octanol–water partition coefficient (Wildman–Crippen LogP) is 2.53. The fourth-order valence-electron chi connectivity index (χ4n) is 1.97. The van der Waals surface area contributed by atoms with Crippen LogP contribution in [0.2, 0.25) is 4.34 Å². The van der Waals surface area contributed by atoms with E-state index in [2.05, 4.69) is 25.9 Å². The van der Waals surface area contributed by atoms with Gasteiger partial charge in [-0.1, -0.05) is 11.6 Å². The van der Waals surface area contributed by atoms with Crippen LogP contribution in [0.5, 0.6) is 0 Å². The number of aromatic nitrogens is 4. The largest absolute Gasteiger partial charge is 0.367 e. The highest BCUT2D eigenvalue weighted by atomic mass is 35.5. The van der Waals surface area contributed by atoms with E-state index in [1.54, 1.807) is 16.8 Å². The first-order chi connectivity index (χ1) is 11.6. The van der Waals surface area contributed by atoms with E-state index in [4.69, 9.17) is 11.6 Å². The minimum absolute atomic E-state index is 0.135. The van der Waals surface area contributed by atoms with Crippen molar-refractivity contribution in [2.75, 3.05) is 18.4 Å². The highest BCUT2D eigenvalue weighted by molar-refractivity contribution is 7.17. The lowest BCUT2D eigenvalue weighted by Gasteiger charge is -2.07. The van der Waals surface area contributed by atoms with Crippen molar-refractivity contribution >= 4 is 34.7 Å². The molecule has 0 saturated heterocycles. The maximum atomic E-state index is 11.8. The molecule has 0 aliphatic heterocycles. The van der Waals surface area contributed by atoms with E-state index in [1.165, 1.54) is 11.3 Å². The summed E-state index contributed by atoms with van der Waals surface area (Å²) < 4.78 is 2.26. The number of aryl methyl sites for hydroxylation is 1. The van der Waals surface area contributed by atoms with Crippen molar-refractivity contribution in [2.24, 2.45) is 0 Å². The smallest absolute Gasteiger partial charge is 0.261 e. The van der Waals surface area contributed by atoms with Gasteiger partial charge in [0.2, 0.25) is 0 Å². The van der Waals surface area contributed by atoms with Gasteiger partial charge in [0.15, 0.2) is 5.82 Å². The van der Waals surface area contributed by atoms with Crippen molar-refractivity contribution in [3.05, 3.63) is 51.4 Å². The zero-order valence-electron chi connectivity index (χ0n) is 12.9. The molecule has 3 aromatic rings. The van der Waals surface area contributed by atoms with E-state index in [-0.39, 0.29) is 5.91 Å². The van der Waals surface area contributed by atoms with Gasteiger partial charge in [0.25, 0.3) is 5.91 Å². The lowest BCUT2D eigenvalue weighted by atomic mass is 10.4. The average molecular weight is 363 g/mol. The molecule has 0 radical (unpaired) electrons. The molecule has 2 N–H and O–H groups in total. The number of rotatable bonds is 6. The van der Waals surface area contributed by atoms with Gasteiger partial charge in [-0.15, -0.1) is 21.5 Å². The van der Waals surface area contributed by atoms with Gasteiger partial charge >= 0.3 is 0 Å². The lowest BCUT2D eigenvalue weighted by Crippen LogP contribution is -2.28. The summed E-state index contributed by atoms with van der Waals surface area (Å²) in [5, 5.41) is 18.4. The molecule has 7 nitrogen and oxygen atoms in total. The van der Waals surface area contributed by atoms with Crippen LogP contribution in [0.3, 0.4) is 0 Å². The monoisotopic (exact) mass is 362 g/mol. The van der Waals surface area contributed by atoms with Crippen LogP contribution < -0.4 is 10.6 Å². The molecule has 0 saturated carbocycles. The third-order valence-corrected chi connectivity index (χ3v) is 4.35. The van der Waals surface area contributed by atoms with Crippen LogP contribution in [0.1, 0.15) is 15.4 Å². The van der Waals surface area contributed by atoms with Gasteiger partial charge in [0.1, 0.15) is 5.82 Å². The Kier molecular flexibility index (Phi) is 5.07. The van der Waals surface area contributed by atoms with Crippen LogP contribution in [0.15, 0.2) is 36.5 Å². The zero-order valence-corrected chi connectivity index (χ0v) is 14.4. The molecule has 3 rings (SSSR count). The lowest BCUT2D eigenvalue weighted by molar-refractivity contribution is 0.0959. The van der Waals surface area contributed by atoms with Gasteiger partial charge in [-0.25, -0.2) is 4.68 Å². The molecule has 1 amide bonds. The van der Waals surface area contributed by atoms with Crippen molar-refractivity contribution in [3.8, 4) is 5.82 Å². The maximum Gasteiger partial charge on any atom is 0.261 e. The summed E-state index contributed by atoms with van der Waals surface area (Å²) in [4.78, 5) is 12.4. The molecule has 0 aliphatic carbocycles. The van der Waals surface area contributed by atoms with E-state index >= 15 is 0 Å². The highest BCUT2D eigenvalue weighted by Gasteiger charge is 2.07. The van der Waals surface area contributed by atoms with E-state index in [9.17, 15) is 4.79 Å². The van der Waals surface area contributed by atoms with Gasteiger partial charge in [-0.05, 0) is 37.3 Å². The van der Waals surface area contributed by atoms with Crippen LogP contribution in [0.25, 0.3) is 5.82 Å². The number of anilines is 1. The number of hydrogen-bond donors (Lipinski definition) is 2. The van der Waals surface area contributed by atoms with Crippen LogP contribution in [0, 0.1) is 6.92 Å². The van der Waals surface area contributed by atoms with E-state index in [0.717, 1.165) is 5.69 Å². The van der Waals surface area contributed by atoms with Gasteiger partial charge in [0, 0.05) is 19.3 Å². The van der Waals surface area contributed by atoms with Crippen molar-refractivity contribution in [3.63, 3.8) is 0 Å². The quantitative estimate of drug-likeness (QED) is 0.658. The summed E-state index contributed by atoms with van der Waals surface area (Å²) in [6.45, 7) is 2.92. The van der Waals surface area contributed by atoms with Crippen molar-refractivity contribution in [2.45, 2.75) is 6.92 Å². The Morgan fingerprint density at radius 1 is 1.21 bits per heavy atom. The molecule has 3 heterocycles. The number of thiophene rings is 1. The Labute approximate surface area is 147 Å². The van der Waals surface area contributed by atoms with Crippen molar-refractivity contribution in [1.29, 1.82) is 0 Å². The summed E-state index contributed by atoms with van der Waals surface area (Å²) in [5.41, 5.74) is 0.918. The first-order valence-corrected chi connectivity index (χ1v) is 8.45. The minimum atomic E-state index is -0.135. The second kappa shape index (κ2) is 7.41. The first kappa shape index (κ1) is 16.4. The Balaban J connectivity index is 1.46. The third kappa shape index (κ3) is 4.09. The average Bonchev–Trinajstić information content (AvgIpc) is 3.20. The number of halogens is 1. The highest BCUT2D eigenvalue weighted by Crippen LogP contribution is 2.20. The summed E-state index contributed by atoms with van der Waals surface area (Å²) in [7, 11) is 0. The van der Waals surface area contributed by atoms with Crippen LogP contribution >= 0.6 is 22.9 Å². The predicted molar refractivity (Wildman–Crippen MR) is 94.0 cm³/mol. The van der Waals surface area contributed by atoms with Crippen LogP contribution in [-0.2, 0) is 0 Å². The molecule has 0 bridgehead atoms. The fourth-order valence-corrected chi connectivity index (χ4v) is 2.93. The van der Waals surface area contributed by atoms with Gasteiger partial charge in [-0.2, -0.15) is 5.10 Å². The maximum absolute atomic E-state index is 11.8. The van der Waals surface area contributed by atoms with Gasteiger partial charge in [0.05, 0.1) is 14.9 Å². The molecule has 0 aliphatic rings. The number of carbonyl (C=O) groups excluding carboxylic acids is 1. The van der Waals surface area contributed by atoms with Crippen LogP contribution in [-0.4, -0.2) is 39.0 Å². The molecule has 24 heavy (non-hydrogen) atoms. The molecule has 0 unspecified atom stereocenters. The molecule has 124 valence electrons. The minimum Gasteiger partial charge on any atom is -0.367 e. The van der Waals surface area contributed by atoms with E-state index in [0.29, 0.717) is 33.9 Å². The number of nitrogens with zero attached hydrogens (tertiary/aromatic N) is 4. The second-order valence-electron chi connectivity index (χ2n) is 4.96. The van der Waals surface area contributed by atoms with Crippen LogP contribution in [0.4, 0.5) is 5.82 Å². The normalized spacial score (nSPS) is 10.6. The molecule has 0 aromatic carbocycles. The fraction of sp³-hybridized carbons (Fsp3) is 0.200. The molecule has 0 fully saturated rings. The number of carbonyl (C=O) groups is 1. The standard InChI is InChI=1S/C15H15ClN6OS/c1-10-6-9-22(21-10)14-5-4-13(19-20-14)17-7-8-18-15(23)11-2-3-12(16)24-11/h2-6,9H,7-8H2,1H3,(H,17,19)(H,18,23). The third-order valence-electron chi connectivity index (χ3n) is 3.12. The number of nitrogens with one attached hydrogen (secondary N) is 2. The van der Waals surface area contributed by atoms with E-state index < -0.39 is 0 Å². The molecule has 0 spiro atoms. The summed E-state index contributed by atoms with van der Waals surface area (Å²) >= 11 is 7.06. The number of hydrogen-bond acceptors (Lipinski definition) is 6. The number of amides is 1. The Bertz CT molecular complexity index is 829. The van der Waals surface area contributed by atoms with Gasteiger partial charge in [-0.3, -0.25) is 4.79 Å². The molecular formula is C15H15ClN6OS. The van der Waals surface area contributed by atoms with Crippen molar-refractivity contribution in [1.82, 2.24) is 25.3 Å². The molecule has 9 heteroatoms. The molecular weight excluding hydrogens is 348 g/mol. The Hall–Kier alpha value is -2.45. The van der Waals surface area contributed by atoms with Crippen molar-refractivity contribution < 1.29 is 4.79 Å². The summed E-state index contributed by atoms with van der Waals surface area (Å²) in [6, 6.07) is 8.96. The summed E-state index contributed by atoms with van der Waals surface area (Å²) in [5.74, 6) is 1.15. The molecule has 0 atom stereocenters. The first-order valence-electron chi connectivity index (χ1n) is 7.25. The van der Waals surface area contributed by atoms with Gasteiger partial charge < -0.3 is 10.6 Å². The second-order valence-corrected chi connectivity index (χ2v) is 6.68. The Morgan fingerprint density at radius 3 is 2.71 bits per heavy atom. The molecule has 3 aromatic heterocycles. The SMILES string of the molecule is Cc1ccn(-c2ccc(NCCNC(=O)c3ccc(Cl)s3)nn2)n1. The topological polar surface area (TPSA) is 84.7 Å². The van der Waals surface area contributed by atoms with E-state index in [1.807, 2.05) is 31.3 Å².